The minimum absolute atomic E-state index is 1.21. The molecule has 0 nitrogen and oxygen atoms in total. The van der Waals surface area contributed by atoms with Gasteiger partial charge in [-0.25, -0.2) is 0 Å². The molecule has 0 aliphatic carbocycles. The Bertz CT molecular complexity index is 234. The zero-order valence-electron chi connectivity index (χ0n) is 13.8. The molecule has 0 heterocycles. The third-order valence-electron chi connectivity index (χ3n) is 3.65. The Morgan fingerprint density at radius 1 is 0.600 bits per heavy atom. The lowest BCUT2D eigenvalue weighted by molar-refractivity contribution is 0.610. The lowest BCUT2D eigenvalue weighted by atomic mass is 10.1. The topological polar surface area (TPSA) is 0 Å². The largest absolute Gasteiger partial charge is 0.0991 e. The summed E-state index contributed by atoms with van der Waals surface area (Å²) >= 11 is 0. The molecule has 0 heteroatoms. The van der Waals surface area contributed by atoms with Gasteiger partial charge in [0.15, 0.2) is 0 Å². The predicted molar refractivity (Wildman–Crippen MR) is 94.2 cm³/mol. The lowest BCUT2D eigenvalue weighted by Gasteiger charge is -1.98. The molecule has 0 fully saturated rings. The van der Waals surface area contributed by atoms with Gasteiger partial charge in [-0.15, -0.1) is 0 Å². The van der Waals surface area contributed by atoms with Crippen LogP contribution < -0.4 is 0 Å². The highest BCUT2D eigenvalue weighted by molar-refractivity contribution is 4.96. The molecule has 0 aromatic heterocycles. The second-order valence-corrected chi connectivity index (χ2v) is 5.68. The van der Waals surface area contributed by atoms with Crippen LogP contribution in [0.1, 0.15) is 90.4 Å². The lowest BCUT2D eigenvalue weighted by Crippen LogP contribution is -1.78. The second-order valence-electron chi connectivity index (χ2n) is 5.68. The highest BCUT2D eigenvalue weighted by Gasteiger charge is 1.89. The zero-order valence-corrected chi connectivity index (χ0v) is 13.8. The number of unbranched alkanes of at least 4 members (excludes halogenated alkanes) is 11. The molecular weight excluding hydrogens is 240 g/mol. The standard InChI is InChI=1S/C20H36/c1-3-5-7-9-11-13-15-17-19-20-18-16-14-12-10-8-6-4-2/h3,5,7,18,20H,1,4,6,8-17,19H2,2H3. The monoisotopic (exact) mass is 276 g/mol. The first-order valence-corrected chi connectivity index (χ1v) is 8.84. The van der Waals surface area contributed by atoms with E-state index in [0.29, 0.717) is 0 Å². The van der Waals surface area contributed by atoms with Gasteiger partial charge in [-0.05, 0) is 38.5 Å². The number of hydrogen-bond acceptors (Lipinski definition) is 0. The summed E-state index contributed by atoms with van der Waals surface area (Å²) < 4.78 is 0. The van der Waals surface area contributed by atoms with Crippen LogP contribution in [0.5, 0.6) is 0 Å². The summed E-state index contributed by atoms with van der Waals surface area (Å²) in [6, 6.07) is 0. The van der Waals surface area contributed by atoms with Gasteiger partial charge in [-0.1, -0.05) is 88.8 Å². The first-order valence-electron chi connectivity index (χ1n) is 8.84. The van der Waals surface area contributed by atoms with Gasteiger partial charge in [0.05, 0.1) is 0 Å². The van der Waals surface area contributed by atoms with Crippen LogP contribution >= 0.6 is 0 Å². The molecule has 0 radical (unpaired) electrons. The first kappa shape index (κ1) is 19.2. The summed E-state index contributed by atoms with van der Waals surface area (Å²) in [5.41, 5.74) is 0. The zero-order chi connectivity index (χ0) is 14.7. The molecule has 0 aromatic carbocycles. The molecule has 0 aliphatic rings. The molecule has 0 bridgehead atoms. The van der Waals surface area contributed by atoms with E-state index in [1.54, 1.807) is 0 Å². The molecule has 0 atom stereocenters. The van der Waals surface area contributed by atoms with Crippen molar-refractivity contribution < 1.29 is 0 Å². The Kier molecular flexibility index (Phi) is 17.5. The fourth-order valence-electron chi connectivity index (χ4n) is 2.35. The molecule has 0 aromatic rings. The average molecular weight is 277 g/mol. The Balaban J connectivity index is 3.08. The van der Waals surface area contributed by atoms with Crippen LogP contribution in [0.15, 0.2) is 37.0 Å². The number of hydrogen-bond donors (Lipinski definition) is 0. The molecule has 0 amide bonds. The van der Waals surface area contributed by atoms with Gasteiger partial charge < -0.3 is 0 Å². The normalized spacial score (nSPS) is 11.7. The Labute approximate surface area is 128 Å². The molecule has 0 aliphatic heterocycles. The molecular formula is C20H36. The van der Waals surface area contributed by atoms with Crippen LogP contribution in [0, 0.1) is 0 Å². The van der Waals surface area contributed by atoms with E-state index in [9.17, 15) is 0 Å². The van der Waals surface area contributed by atoms with Crippen LogP contribution in [0.4, 0.5) is 0 Å². The van der Waals surface area contributed by atoms with Crippen LogP contribution in [0.25, 0.3) is 0 Å². The molecule has 0 N–H and O–H groups in total. The van der Waals surface area contributed by atoms with E-state index in [2.05, 4.69) is 31.7 Å². The molecule has 116 valence electrons. The van der Waals surface area contributed by atoms with Crippen LogP contribution in [-0.2, 0) is 0 Å². The van der Waals surface area contributed by atoms with Gasteiger partial charge >= 0.3 is 0 Å². The van der Waals surface area contributed by atoms with Crippen molar-refractivity contribution in [3.05, 3.63) is 37.0 Å². The maximum absolute atomic E-state index is 3.67. The smallest absolute Gasteiger partial charge is 0.0348 e. The van der Waals surface area contributed by atoms with E-state index in [4.69, 9.17) is 0 Å². The van der Waals surface area contributed by atoms with Gasteiger partial charge in [0, 0.05) is 0 Å². The summed E-state index contributed by atoms with van der Waals surface area (Å²) in [6.45, 7) is 5.95. The van der Waals surface area contributed by atoms with E-state index in [1.165, 1.54) is 83.5 Å². The van der Waals surface area contributed by atoms with Gasteiger partial charge in [-0.3, -0.25) is 0 Å². The second kappa shape index (κ2) is 18.2. The Hall–Kier alpha value is -0.780. The molecule has 0 unspecified atom stereocenters. The maximum Gasteiger partial charge on any atom is -0.0348 e. The van der Waals surface area contributed by atoms with E-state index in [1.807, 2.05) is 12.2 Å². The molecule has 20 heavy (non-hydrogen) atoms. The third-order valence-corrected chi connectivity index (χ3v) is 3.65. The Morgan fingerprint density at radius 2 is 1.05 bits per heavy atom. The van der Waals surface area contributed by atoms with Crippen LogP contribution in [-0.4, -0.2) is 0 Å². The molecule has 0 saturated carbocycles. The van der Waals surface area contributed by atoms with Crippen molar-refractivity contribution in [2.24, 2.45) is 0 Å². The Morgan fingerprint density at radius 3 is 1.55 bits per heavy atom. The van der Waals surface area contributed by atoms with Gasteiger partial charge in [0.1, 0.15) is 0 Å². The number of rotatable bonds is 15. The highest BCUT2D eigenvalue weighted by Crippen LogP contribution is 2.09. The van der Waals surface area contributed by atoms with Crippen molar-refractivity contribution in [3.63, 3.8) is 0 Å². The van der Waals surface area contributed by atoms with Gasteiger partial charge in [0.2, 0.25) is 0 Å². The van der Waals surface area contributed by atoms with Crippen LogP contribution in [0.2, 0.25) is 0 Å². The van der Waals surface area contributed by atoms with Crippen LogP contribution in [0.3, 0.4) is 0 Å². The SMILES string of the molecule is C=CC=CCCCCCCC=CCCCCCCCC. The average Bonchev–Trinajstić information content (AvgIpc) is 2.47. The van der Waals surface area contributed by atoms with E-state index in [-0.39, 0.29) is 0 Å². The summed E-state index contributed by atoms with van der Waals surface area (Å²) in [5, 5.41) is 0. The fourth-order valence-corrected chi connectivity index (χ4v) is 2.35. The summed E-state index contributed by atoms with van der Waals surface area (Å²) in [5.74, 6) is 0. The number of allylic oxidation sites excluding steroid dienone is 5. The van der Waals surface area contributed by atoms with E-state index < -0.39 is 0 Å². The first-order chi connectivity index (χ1) is 9.91. The summed E-state index contributed by atoms with van der Waals surface area (Å²) in [4.78, 5) is 0. The minimum Gasteiger partial charge on any atom is -0.0991 e. The van der Waals surface area contributed by atoms with E-state index >= 15 is 0 Å². The minimum atomic E-state index is 1.21. The molecule has 0 rings (SSSR count). The van der Waals surface area contributed by atoms with Crippen molar-refractivity contribution in [1.29, 1.82) is 0 Å². The predicted octanol–water partition coefficient (Wildman–Crippen LogP) is 7.38. The van der Waals surface area contributed by atoms with Gasteiger partial charge in [-0.2, -0.15) is 0 Å². The van der Waals surface area contributed by atoms with Crippen molar-refractivity contribution in [3.8, 4) is 0 Å². The highest BCUT2D eigenvalue weighted by atomic mass is 14.0. The van der Waals surface area contributed by atoms with Crippen molar-refractivity contribution >= 4 is 0 Å². The van der Waals surface area contributed by atoms with Crippen molar-refractivity contribution in [1.82, 2.24) is 0 Å². The quantitative estimate of drug-likeness (QED) is 0.166. The third kappa shape index (κ3) is 17.2. The van der Waals surface area contributed by atoms with E-state index in [0.717, 1.165) is 0 Å². The molecule has 0 saturated heterocycles. The fraction of sp³-hybridized carbons (Fsp3) is 0.700. The van der Waals surface area contributed by atoms with Gasteiger partial charge in [0.25, 0.3) is 0 Å². The molecule has 0 spiro atoms. The van der Waals surface area contributed by atoms with Crippen molar-refractivity contribution in [2.75, 3.05) is 0 Å². The maximum atomic E-state index is 3.67. The summed E-state index contributed by atoms with van der Waals surface area (Å²) in [7, 11) is 0. The van der Waals surface area contributed by atoms with Crippen molar-refractivity contribution in [2.45, 2.75) is 90.4 Å². The summed E-state index contributed by atoms with van der Waals surface area (Å²) in [6.07, 6.45) is 28.5.